The molecule has 0 aromatic rings. The minimum Gasteiger partial charge on any atom is -0.378 e. The average molecular weight is 405 g/mol. The number of hydrogen-bond donors (Lipinski definition) is 4. The van der Waals surface area contributed by atoms with E-state index in [1.54, 1.807) is 9.80 Å². The molecule has 6 heteroatoms. The van der Waals surface area contributed by atoms with Crippen LogP contribution in [0.4, 0.5) is 0 Å². The second-order valence-electron chi connectivity index (χ2n) is 7.97. The van der Waals surface area contributed by atoms with E-state index in [1.165, 1.54) is 0 Å². The number of hydrogen-bond acceptors (Lipinski definition) is 6. The first kappa shape index (κ1) is 27.8. The van der Waals surface area contributed by atoms with E-state index in [0.717, 1.165) is 51.4 Å². The van der Waals surface area contributed by atoms with E-state index < -0.39 is 24.9 Å². The number of aliphatic hydroxyl groups excluding tert-OH is 4. The van der Waals surface area contributed by atoms with Gasteiger partial charge in [0.25, 0.3) is 0 Å². The Hall–Kier alpha value is -0.240. The van der Waals surface area contributed by atoms with Gasteiger partial charge in [0.2, 0.25) is 0 Å². The van der Waals surface area contributed by atoms with Crippen molar-refractivity contribution in [2.75, 3.05) is 13.1 Å². The predicted octanol–water partition coefficient (Wildman–Crippen LogP) is 3.62. The fourth-order valence-electron chi connectivity index (χ4n) is 3.43. The van der Waals surface area contributed by atoms with E-state index in [1.807, 2.05) is 0 Å². The molecule has 6 nitrogen and oxygen atoms in total. The van der Waals surface area contributed by atoms with Gasteiger partial charge in [-0.25, -0.2) is 0 Å². The van der Waals surface area contributed by atoms with Crippen molar-refractivity contribution in [1.82, 2.24) is 9.80 Å². The van der Waals surface area contributed by atoms with Crippen LogP contribution in [0.2, 0.25) is 0 Å². The molecule has 170 valence electrons. The fourth-order valence-corrected chi connectivity index (χ4v) is 3.43. The molecule has 4 atom stereocenters. The zero-order valence-corrected chi connectivity index (χ0v) is 18.9. The van der Waals surface area contributed by atoms with Gasteiger partial charge in [-0.05, 0) is 51.4 Å². The molecule has 0 spiro atoms. The van der Waals surface area contributed by atoms with Crippen LogP contribution in [0, 0.1) is 0 Å². The molecule has 0 rings (SSSR count). The van der Waals surface area contributed by atoms with Crippen LogP contribution in [-0.4, -0.2) is 68.2 Å². The van der Waals surface area contributed by atoms with E-state index in [9.17, 15) is 20.4 Å². The largest absolute Gasteiger partial charge is 0.378 e. The topological polar surface area (TPSA) is 87.4 Å². The Kier molecular flexibility index (Phi) is 17.5. The lowest BCUT2D eigenvalue weighted by atomic mass is 10.1. The molecule has 0 saturated carbocycles. The highest BCUT2D eigenvalue weighted by molar-refractivity contribution is 4.73. The lowest BCUT2D eigenvalue weighted by molar-refractivity contribution is -0.140. The molecule has 0 saturated heterocycles. The Morgan fingerprint density at radius 3 is 0.857 bits per heavy atom. The van der Waals surface area contributed by atoms with Crippen LogP contribution in [0.3, 0.4) is 0 Å². The maximum Gasteiger partial charge on any atom is 0.109 e. The Morgan fingerprint density at radius 1 is 0.464 bits per heavy atom. The first-order valence-electron chi connectivity index (χ1n) is 11.7. The molecule has 0 aliphatic carbocycles. The van der Waals surface area contributed by atoms with Crippen LogP contribution >= 0.6 is 0 Å². The van der Waals surface area contributed by atoms with Crippen molar-refractivity contribution in [3.05, 3.63) is 0 Å². The molecule has 4 unspecified atom stereocenters. The SMILES string of the molecule is CCCCC(O)N(CCN(C(O)CCCC)C(O)CCCC)C(O)CCCC. The first-order valence-corrected chi connectivity index (χ1v) is 11.7. The van der Waals surface area contributed by atoms with Crippen LogP contribution in [0.25, 0.3) is 0 Å². The molecular weight excluding hydrogens is 356 g/mol. The summed E-state index contributed by atoms with van der Waals surface area (Å²) < 4.78 is 0. The average Bonchev–Trinajstić information content (AvgIpc) is 2.69. The summed E-state index contributed by atoms with van der Waals surface area (Å²) in [6.07, 6.45) is 7.27. The second-order valence-corrected chi connectivity index (χ2v) is 7.97. The van der Waals surface area contributed by atoms with E-state index in [-0.39, 0.29) is 0 Å². The van der Waals surface area contributed by atoms with Gasteiger partial charge in [0.15, 0.2) is 0 Å². The molecule has 0 amide bonds. The zero-order chi connectivity index (χ0) is 21.4. The summed E-state index contributed by atoms with van der Waals surface area (Å²) in [5, 5.41) is 42.4. The number of rotatable bonds is 19. The number of nitrogens with zero attached hydrogens (tertiary/aromatic N) is 2. The highest BCUT2D eigenvalue weighted by Gasteiger charge is 2.27. The standard InChI is InChI=1S/C22H48N2O4/c1-5-9-13-19(25)23(20(26)14-10-6-2)17-18-24(21(27)15-11-7-3)22(28)16-12-8-4/h19-22,25-28H,5-18H2,1-4H3. The van der Waals surface area contributed by atoms with E-state index in [2.05, 4.69) is 27.7 Å². The summed E-state index contributed by atoms with van der Waals surface area (Å²) >= 11 is 0. The van der Waals surface area contributed by atoms with Crippen molar-refractivity contribution in [1.29, 1.82) is 0 Å². The Balaban J connectivity index is 5.06. The van der Waals surface area contributed by atoms with Gasteiger partial charge in [-0.1, -0.05) is 53.4 Å². The van der Waals surface area contributed by atoms with Crippen molar-refractivity contribution in [3.63, 3.8) is 0 Å². The normalized spacial score (nSPS) is 16.5. The molecule has 0 bridgehead atoms. The Labute approximate surface area is 173 Å². The van der Waals surface area contributed by atoms with Gasteiger partial charge in [0, 0.05) is 13.1 Å². The van der Waals surface area contributed by atoms with Crippen molar-refractivity contribution in [2.24, 2.45) is 0 Å². The van der Waals surface area contributed by atoms with Gasteiger partial charge in [-0.3, -0.25) is 9.80 Å². The highest BCUT2D eigenvalue weighted by Crippen LogP contribution is 2.17. The molecule has 0 heterocycles. The number of aliphatic hydroxyl groups is 4. The molecule has 0 fully saturated rings. The summed E-state index contributed by atoms with van der Waals surface area (Å²) in [6.45, 7) is 9.17. The van der Waals surface area contributed by atoms with Gasteiger partial charge in [-0.15, -0.1) is 0 Å². The van der Waals surface area contributed by atoms with Gasteiger partial charge >= 0.3 is 0 Å². The summed E-state index contributed by atoms with van der Waals surface area (Å²) in [5.74, 6) is 0. The van der Waals surface area contributed by atoms with Crippen molar-refractivity contribution < 1.29 is 20.4 Å². The smallest absolute Gasteiger partial charge is 0.109 e. The monoisotopic (exact) mass is 404 g/mol. The van der Waals surface area contributed by atoms with Gasteiger partial charge in [-0.2, -0.15) is 0 Å². The van der Waals surface area contributed by atoms with Crippen LogP contribution in [-0.2, 0) is 0 Å². The van der Waals surface area contributed by atoms with E-state index in [4.69, 9.17) is 0 Å². The molecular formula is C22H48N2O4. The highest BCUT2D eigenvalue weighted by atomic mass is 16.3. The molecule has 0 aliphatic rings. The maximum atomic E-state index is 10.6. The van der Waals surface area contributed by atoms with Crippen LogP contribution in [0.15, 0.2) is 0 Å². The van der Waals surface area contributed by atoms with Crippen molar-refractivity contribution in [3.8, 4) is 0 Å². The summed E-state index contributed by atoms with van der Waals surface area (Å²) in [5.41, 5.74) is 0. The fraction of sp³-hybridized carbons (Fsp3) is 1.00. The Morgan fingerprint density at radius 2 is 0.679 bits per heavy atom. The molecule has 4 N–H and O–H groups in total. The second kappa shape index (κ2) is 17.6. The summed E-state index contributed by atoms with van der Waals surface area (Å²) in [7, 11) is 0. The minimum absolute atomic E-state index is 0.419. The summed E-state index contributed by atoms with van der Waals surface area (Å²) in [4.78, 5) is 3.47. The molecule has 0 aliphatic heterocycles. The molecule has 0 radical (unpaired) electrons. The lowest BCUT2D eigenvalue weighted by Gasteiger charge is -2.37. The number of unbranched alkanes of at least 4 members (excludes halogenated alkanes) is 4. The quantitative estimate of drug-likeness (QED) is 0.246. The third kappa shape index (κ3) is 11.7. The zero-order valence-electron chi connectivity index (χ0n) is 18.9. The summed E-state index contributed by atoms with van der Waals surface area (Å²) in [6, 6.07) is 0. The Bertz CT molecular complexity index is 286. The minimum atomic E-state index is -0.700. The van der Waals surface area contributed by atoms with E-state index in [0.29, 0.717) is 38.8 Å². The van der Waals surface area contributed by atoms with Crippen molar-refractivity contribution >= 4 is 0 Å². The van der Waals surface area contributed by atoms with Gasteiger partial charge in [0.1, 0.15) is 24.9 Å². The van der Waals surface area contributed by atoms with Crippen molar-refractivity contribution in [2.45, 2.75) is 130 Å². The predicted molar refractivity (Wildman–Crippen MR) is 116 cm³/mol. The van der Waals surface area contributed by atoms with Crippen LogP contribution in [0.1, 0.15) is 105 Å². The van der Waals surface area contributed by atoms with Crippen LogP contribution in [0.5, 0.6) is 0 Å². The van der Waals surface area contributed by atoms with Gasteiger partial charge in [0.05, 0.1) is 0 Å². The molecule has 0 aromatic carbocycles. The molecule has 0 aromatic heterocycles. The molecule has 28 heavy (non-hydrogen) atoms. The lowest BCUT2D eigenvalue weighted by Crippen LogP contribution is -2.51. The van der Waals surface area contributed by atoms with E-state index >= 15 is 0 Å². The first-order chi connectivity index (χ1) is 13.4. The third-order valence-electron chi connectivity index (χ3n) is 5.41. The third-order valence-corrected chi connectivity index (χ3v) is 5.41. The van der Waals surface area contributed by atoms with Crippen LogP contribution < -0.4 is 0 Å². The van der Waals surface area contributed by atoms with Gasteiger partial charge < -0.3 is 20.4 Å². The maximum absolute atomic E-state index is 10.6.